The molecule has 1 unspecified atom stereocenters. The van der Waals surface area contributed by atoms with Crippen molar-refractivity contribution in [2.45, 2.75) is 71.4 Å². The molecule has 2 aliphatic rings. The SMILES string of the molecule is C=C1C(C(/N=C(\CCC)Cc2ccccc2)NC)=CN(CC2CCCCC2)c2ccc(C)cc21. The van der Waals surface area contributed by atoms with Crippen LogP contribution in [0, 0.1) is 12.8 Å². The number of fused-ring (bicyclic) bond motifs is 1. The van der Waals surface area contributed by atoms with Crippen LogP contribution in [0.4, 0.5) is 5.69 Å². The van der Waals surface area contributed by atoms with Crippen molar-refractivity contribution in [3.63, 3.8) is 0 Å². The van der Waals surface area contributed by atoms with E-state index in [4.69, 9.17) is 4.99 Å². The van der Waals surface area contributed by atoms with Gasteiger partial charge in [0.05, 0.1) is 0 Å². The van der Waals surface area contributed by atoms with Crippen molar-refractivity contribution in [3.05, 3.63) is 83.6 Å². The average Bonchev–Trinajstić information content (AvgIpc) is 2.86. The van der Waals surface area contributed by atoms with E-state index < -0.39 is 0 Å². The van der Waals surface area contributed by atoms with Crippen LogP contribution in [0.15, 0.2) is 71.9 Å². The second-order valence-corrected chi connectivity index (χ2v) is 10.0. The Morgan fingerprint density at radius 3 is 2.59 bits per heavy atom. The summed E-state index contributed by atoms with van der Waals surface area (Å²) in [6, 6.07) is 17.5. The minimum Gasteiger partial charge on any atom is -0.347 e. The van der Waals surface area contributed by atoms with Crippen LogP contribution in [-0.4, -0.2) is 25.5 Å². The van der Waals surface area contributed by atoms with Crippen LogP contribution in [0.3, 0.4) is 0 Å². The maximum atomic E-state index is 5.28. The van der Waals surface area contributed by atoms with Crippen molar-refractivity contribution in [2.24, 2.45) is 10.9 Å². The number of nitrogens with one attached hydrogen (secondary N) is 1. The zero-order valence-corrected chi connectivity index (χ0v) is 21.3. The van der Waals surface area contributed by atoms with Gasteiger partial charge in [0, 0.05) is 41.7 Å². The zero-order valence-electron chi connectivity index (χ0n) is 21.3. The molecule has 0 radical (unpaired) electrons. The van der Waals surface area contributed by atoms with Crippen LogP contribution >= 0.6 is 0 Å². The van der Waals surface area contributed by atoms with Crippen molar-refractivity contribution in [2.75, 3.05) is 18.5 Å². The highest BCUT2D eigenvalue weighted by molar-refractivity contribution is 5.91. The molecule has 0 aromatic heterocycles. The number of hydrogen-bond acceptors (Lipinski definition) is 3. The van der Waals surface area contributed by atoms with Gasteiger partial charge in [-0.1, -0.05) is 81.1 Å². The number of nitrogens with zero attached hydrogens (tertiary/aromatic N) is 2. The molecule has 0 bridgehead atoms. The summed E-state index contributed by atoms with van der Waals surface area (Å²) < 4.78 is 0. The normalized spacial score (nSPS) is 18.0. The molecule has 2 aromatic rings. The zero-order chi connectivity index (χ0) is 23.9. The Hall–Kier alpha value is -2.65. The van der Waals surface area contributed by atoms with Gasteiger partial charge in [-0.25, -0.2) is 0 Å². The van der Waals surface area contributed by atoms with Crippen molar-refractivity contribution >= 4 is 17.0 Å². The molecule has 1 fully saturated rings. The third-order valence-corrected chi connectivity index (χ3v) is 7.28. The lowest BCUT2D eigenvalue weighted by molar-refractivity contribution is 0.364. The predicted octanol–water partition coefficient (Wildman–Crippen LogP) is 7.32. The van der Waals surface area contributed by atoms with E-state index in [1.807, 2.05) is 7.05 Å². The predicted molar refractivity (Wildman–Crippen MR) is 148 cm³/mol. The second-order valence-electron chi connectivity index (χ2n) is 10.0. The highest BCUT2D eigenvalue weighted by atomic mass is 15.1. The van der Waals surface area contributed by atoms with Crippen LogP contribution in [0.2, 0.25) is 0 Å². The third-order valence-electron chi connectivity index (χ3n) is 7.28. The smallest absolute Gasteiger partial charge is 0.127 e. The van der Waals surface area contributed by atoms with Gasteiger partial charge in [0.2, 0.25) is 0 Å². The molecule has 1 saturated carbocycles. The summed E-state index contributed by atoms with van der Waals surface area (Å²) >= 11 is 0. The molecule has 0 amide bonds. The first-order valence-electron chi connectivity index (χ1n) is 13.1. The largest absolute Gasteiger partial charge is 0.347 e. The molecular weight excluding hydrogens is 414 g/mol. The monoisotopic (exact) mass is 455 g/mol. The maximum absolute atomic E-state index is 5.28. The molecule has 4 rings (SSSR count). The summed E-state index contributed by atoms with van der Waals surface area (Å²) in [7, 11) is 2.02. The van der Waals surface area contributed by atoms with E-state index in [-0.39, 0.29) is 6.17 Å². The molecule has 1 aliphatic carbocycles. The van der Waals surface area contributed by atoms with Gasteiger partial charge in [-0.2, -0.15) is 0 Å². The van der Waals surface area contributed by atoms with Crippen molar-refractivity contribution < 1.29 is 0 Å². The van der Waals surface area contributed by atoms with Gasteiger partial charge in [0.15, 0.2) is 0 Å². The Morgan fingerprint density at radius 1 is 1.12 bits per heavy atom. The number of benzene rings is 2. The van der Waals surface area contributed by atoms with E-state index in [0.717, 1.165) is 37.3 Å². The molecule has 1 N–H and O–H groups in total. The highest BCUT2D eigenvalue weighted by Crippen LogP contribution is 2.39. The van der Waals surface area contributed by atoms with E-state index >= 15 is 0 Å². The first-order valence-corrected chi connectivity index (χ1v) is 13.1. The lowest BCUT2D eigenvalue weighted by Crippen LogP contribution is -2.34. The minimum atomic E-state index is -0.0970. The van der Waals surface area contributed by atoms with Crippen molar-refractivity contribution in [1.82, 2.24) is 5.32 Å². The Bertz CT molecular complexity index is 1030. The van der Waals surface area contributed by atoms with Crippen LogP contribution in [0.5, 0.6) is 0 Å². The fourth-order valence-corrected chi connectivity index (χ4v) is 5.44. The Labute approximate surface area is 206 Å². The number of aryl methyl sites for hydroxylation is 1. The lowest BCUT2D eigenvalue weighted by atomic mass is 9.87. The summed E-state index contributed by atoms with van der Waals surface area (Å²) in [6.45, 7) is 10.0. The number of anilines is 1. The van der Waals surface area contributed by atoms with E-state index in [0.29, 0.717) is 0 Å². The fraction of sp³-hybridized carbons (Fsp3) is 0.452. The molecule has 1 atom stereocenters. The Balaban J connectivity index is 1.67. The molecule has 0 spiro atoms. The van der Waals surface area contributed by atoms with E-state index in [9.17, 15) is 0 Å². The maximum Gasteiger partial charge on any atom is 0.127 e. The molecule has 1 heterocycles. The molecular formula is C31H41N3. The van der Waals surface area contributed by atoms with Gasteiger partial charge in [-0.3, -0.25) is 10.3 Å². The average molecular weight is 456 g/mol. The molecule has 0 saturated heterocycles. The summed E-state index contributed by atoms with van der Waals surface area (Å²) in [5.41, 5.74) is 8.68. The number of rotatable bonds is 9. The number of likely N-dealkylation sites (N-methyl/N-ethyl adjacent to an activating group) is 1. The van der Waals surface area contributed by atoms with E-state index in [1.165, 1.54) is 65.8 Å². The number of aliphatic imine (C=N–C) groups is 1. The molecule has 2 aromatic carbocycles. The molecule has 180 valence electrons. The first kappa shape index (κ1) is 24.5. The van der Waals surface area contributed by atoms with Gasteiger partial charge in [-0.15, -0.1) is 0 Å². The highest BCUT2D eigenvalue weighted by Gasteiger charge is 2.27. The quantitative estimate of drug-likeness (QED) is 0.401. The Kier molecular flexibility index (Phi) is 8.39. The van der Waals surface area contributed by atoms with Gasteiger partial charge < -0.3 is 4.90 Å². The molecule has 34 heavy (non-hydrogen) atoms. The van der Waals surface area contributed by atoms with Crippen LogP contribution in [0.25, 0.3) is 5.57 Å². The summed E-state index contributed by atoms with van der Waals surface area (Å²) in [5.74, 6) is 0.761. The van der Waals surface area contributed by atoms with Crippen LogP contribution in [0.1, 0.15) is 68.6 Å². The molecule has 3 nitrogen and oxygen atoms in total. The summed E-state index contributed by atoms with van der Waals surface area (Å²) in [6.07, 6.45) is 12.0. The van der Waals surface area contributed by atoms with Gasteiger partial charge in [-0.05, 0) is 62.4 Å². The lowest BCUT2D eigenvalue weighted by Gasteiger charge is -2.36. The van der Waals surface area contributed by atoms with Crippen molar-refractivity contribution in [1.29, 1.82) is 0 Å². The van der Waals surface area contributed by atoms with Crippen molar-refractivity contribution in [3.8, 4) is 0 Å². The van der Waals surface area contributed by atoms with Gasteiger partial charge in [0.1, 0.15) is 6.17 Å². The first-order chi connectivity index (χ1) is 16.6. The summed E-state index contributed by atoms with van der Waals surface area (Å²) in [4.78, 5) is 7.77. The van der Waals surface area contributed by atoms with Crippen LogP contribution < -0.4 is 10.2 Å². The number of hydrogen-bond donors (Lipinski definition) is 1. The van der Waals surface area contributed by atoms with Gasteiger partial charge >= 0.3 is 0 Å². The van der Waals surface area contributed by atoms with Gasteiger partial charge in [0.25, 0.3) is 0 Å². The topological polar surface area (TPSA) is 27.6 Å². The van der Waals surface area contributed by atoms with Crippen LogP contribution in [-0.2, 0) is 6.42 Å². The van der Waals surface area contributed by atoms with E-state index in [1.54, 1.807) is 0 Å². The second kappa shape index (κ2) is 11.7. The third kappa shape index (κ3) is 5.88. The molecule has 3 heteroatoms. The van der Waals surface area contributed by atoms with E-state index in [2.05, 4.69) is 85.4 Å². The Morgan fingerprint density at radius 2 is 1.88 bits per heavy atom. The fourth-order valence-electron chi connectivity index (χ4n) is 5.44. The molecule has 1 aliphatic heterocycles. The summed E-state index contributed by atoms with van der Waals surface area (Å²) in [5, 5.41) is 3.50. The standard InChI is InChI=1S/C31H41N3/c1-5-12-27(20-25-13-8-6-9-14-25)33-31(32-4)29-22-34(21-26-15-10-7-11-16-26)30-18-17-23(2)19-28(30)24(29)3/h6,8-9,13-14,17-19,22,26,31-32H,3,5,7,10-12,15-16,20-21H2,1-2,4H3/b33-27+. The minimum absolute atomic E-state index is 0.0970.